The summed E-state index contributed by atoms with van der Waals surface area (Å²) >= 11 is 9.68. The molecule has 1 fully saturated rings. The number of fused-ring (bicyclic) bond motifs is 1. The standard InChI is InChI=1S/C19H23BrClN3O2/c1-19(2,3)26-18(25)22-14-6-7-24(11-14)10-12-8-17(21)23-16-9-13(20)4-5-15(12)16/h4-5,8-9,14H,6-7,10-11H2,1-3H3,(H,22,25). The molecule has 0 bridgehead atoms. The van der Waals surface area contributed by atoms with Gasteiger partial charge in [0.15, 0.2) is 0 Å². The predicted molar refractivity (Wildman–Crippen MR) is 108 cm³/mol. The van der Waals surface area contributed by atoms with Crippen molar-refractivity contribution in [3.8, 4) is 0 Å². The van der Waals surface area contributed by atoms with Crippen molar-refractivity contribution in [3.63, 3.8) is 0 Å². The maximum Gasteiger partial charge on any atom is 0.407 e. The van der Waals surface area contributed by atoms with Gasteiger partial charge in [0.1, 0.15) is 10.8 Å². The zero-order chi connectivity index (χ0) is 18.9. The second-order valence-electron chi connectivity index (χ2n) is 7.63. The average molecular weight is 441 g/mol. The van der Waals surface area contributed by atoms with E-state index in [4.69, 9.17) is 16.3 Å². The monoisotopic (exact) mass is 439 g/mol. The first-order chi connectivity index (χ1) is 12.2. The zero-order valence-corrected chi connectivity index (χ0v) is 17.5. The molecule has 0 spiro atoms. The molecule has 1 unspecified atom stereocenters. The van der Waals surface area contributed by atoms with Crippen molar-refractivity contribution in [1.29, 1.82) is 0 Å². The Labute approximate surface area is 167 Å². The molecule has 1 aliphatic heterocycles. The number of carbonyl (C=O) groups is 1. The number of rotatable bonds is 3. The van der Waals surface area contributed by atoms with Crippen LogP contribution in [0.2, 0.25) is 5.15 Å². The highest BCUT2D eigenvalue weighted by Gasteiger charge is 2.26. The summed E-state index contributed by atoms with van der Waals surface area (Å²) in [4.78, 5) is 18.7. The van der Waals surface area contributed by atoms with Gasteiger partial charge in [-0.2, -0.15) is 0 Å². The maximum absolute atomic E-state index is 11.9. The number of amides is 1. The van der Waals surface area contributed by atoms with Crippen molar-refractivity contribution in [3.05, 3.63) is 39.5 Å². The Morgan fingerprint density at radius 2 is 2.19 bits per heavy atom. The number of likely N-dealkylation sites (tertiary alicyclic amines) is 1. The topological polar surface area (TPSA) is 54.5 Å². The fourth-order valence-electron chi connectivity index (χ4n) is 3.18. The summed E-state index contributed by atoms with van der Waals surface area (Å²) in [6.45, 7) is 8.07. The Balaban J connectivity index is 1.66. The van der Waals surface area contributed by atoms with Gasteiger partial charge in [-0.15, -0.1) is 0 Å². The van der Waals surface area contributed by atoms with Crippen molar-refractivity contribution in [2.75, 3.05) is 13.1 Å². The van der Waals surface area contributed by atoms with E-state index in [9.17, 15) is 4.79 Å². The van der Waals surface area contributed by atoms with Gasteiger partial charge in [0.25, 0.3) is 0 Å². The largest absolute Gasteiger partial charge is 0.444 e. The van der Waals surface area contributed by atoms with Crippen molar-refractivity contribution in [2.24, 2.45) is 0 Å². The van der Waals surface area contributed by atoms with Gasteiger partial charge in [-0.05, 0) is 51.0 Å². The smallest absolute Gasteiger partial charge is 0.407 e. The van der Waals surface area contributed by atoms with Crippen LogP contribution in [0.5, 0.6) is 0 Å². The molecule has 1 N–H and O–H groups in total. The molecular formula is C19H23BrClN3O2. The Bertz CT molecular complexity index is 817. The molecule has 1 saturated heterocycles. The quantitative estimate of drug-likeness (QED) is 0.700. The lowest BCUT2D eigenvalue weighted by atomic mass is 10.1. The van der Waals surface area contributed by atoms with Crippen LogP contribution in [0, 0.1) is 0 Å². The summed E-state index contributed by atoms with van der Waals surface area (Å²) in [7, 11) is 0. The van der Waals surface area contributed by atoms with Gasteiger partial charge < -0.3 is 10.1 Å². The van der Waals surface area contributed by atoms with Crippen LogP contribution >= 0.6 is 27.5 Å². The van der Waals surface area contributed by atoms with E-state index in [1.165, 1.54) is 0 Å². The molecule has 0 radical (unpaired) electrons. The first-order valence-electron chi connectivity index (χ1n) is 8.66. The minimum absolute atomic E-state index is 0.0996. The summed E-state index contributed by atoms with van der Waals surface area (Å²) in [6, 6.07) is 8.07. The lowest BCUT2D eigenvalue weighted by Gasteiger charge is -2.22. The van der Waals surface area contributed by atoms with Crippen molar-refractivity contribution < 1.29 is 9.53 Å². The van der Waals surface area contributed by atoms with E-state index in [0.29, 0.717) is 5.15 Å². The number of carbonyl (C=O) groups excluding carboxylic acids is 1. The third-order valence-electron chi connectivity index (χ3n) is 4.21. The third kappa shape index (κ3) is 5.09. The Hall–Kier alpha value is -1.37. The fourth-order valence-corrected chi connectivity index (χ4v) is 3.75. The van der Waals surface area contributed by atoms with Crippen LogP contribution in [0.25, 0.3) is 10.9 Å². The van der Waals surface area contributed by atoms with Crippen LogP contribution in [0.3, 0.4) is 0 Å². The SMILES string of the molecule is CC(C)(C)OC(=O)NC1CCN(Cc2cc(Cl)nc3cc(Br)ccc23)C1. The number of pyridine rings is 1. The van der Waals surface area contributed by atoms with Crippen molar-refractivity contribution in [2.45, 2.75) is 45.4 Å². The van der Waals surface area contributed by atoms with Gasteiger partial charge in [0, 0.05) is 35.5 Å². The molecule has 1 aromatic carbocycles. The van der Waals surface area contributed by atoms with E-state index in [1.807, 2.05) is 39.0 Å². The number of benzene rings is 1. The van der Waals surface area contributed by atoms with Gasteiger partial charge in [0.2, 0.25) is 0 Å². The van der Waals surface area contributed by atoms with E-state index in [-0.39, 0.29) is 12.1 Å². The molecule has 2 aromatic rings. The van der Waals surface area contributed by atoms with Gasteiger partial charge in [-0.25, -0.2) is 9.78 Å². The number of nitrogens with one attached hydrogen (secondary N) is 1. The number of ether oxygens (including phenoxy) is 1. The van der Waals surface area contributed by atoms with Crippen LogP contribution in [0.15, 0.2) is 28.7 Å². The molecule has 140 valence electrons. The number of hydrogen-bond donors (Lipinski definition) is 1. The maximum atomic E-state index is 11.9. The Morgan fingerprint density at radius 3 is 2.92 bits per heavy atom. The van der Waals surface area contributed by atoms with Crippen LogP contribution in [0.4, 0.5) is 4.79 Å². The van der Waals surface area contributed by atoms with E-state index in [0.717, 1.165) is 47.0 Å². The molecule has 0 saturated carbocycles. The van der Waals surface area contributed by atoms with E-state index >= 15 is 0 Å². The molecule has 1 aliphatic rings. The van der Waals surface area contributed by atoms with E-state index in [1.54, 1.807) is 0 Å². The van der Waals surface area contributed by atoms with Crippen LogP contribution < -0.4 is 5.32 Å². The minimum atomic E-state index is -0.483. The third-order valence-corrected chi connectivity index (χ3v) is 4.90. The molecule has 1 aromatic heterocycles. The molecule has 2 heterocycles. The molecular weight excluding hydrogens is 418 g/mol. The molecule has 5 nitrogen and oxygen atoms in total. The summed E-state index contributed by atoms with van der Waals surface area (Å²) < 4.78 is 6.32. The molecule has 3 rings (SSSR count). The number of alkyl carbamates (subject to hydrolysis) is 1. The average Bonchev–Trinajstić information content (AvgIpc) is 2.91. The highest BCUT2D eigenvalue weighted by atomic mass is 79.9. The van der Waals surface area contributed by atoms with E-state index < -0.39 is 5.60 Å². The zero-order valence-electron chi connectivity index (χ0n) is 15.2. The summed E-state index contributed by atoms with van der Waals surface area (Å²) in [5.74, 6) is 0. The summed E-state index contributed by atoms with van der Waals surface area (Å²) in [6.07, 6.45) is 0.549. The van der Waals surface area contributed by atoms with Crippen LogP contribution in [-0.4, -0.2) is 40.7 Å². The van der Waals surface area contributed by atoms with Crippen molar-refractivity contribution in [1.82, 2.24) is 15.2 Å². The highest BCUT2D eigenvalue weighted by Crippen LogP contribution is 2.26. The second-order valence-corrected chi connectivity index (χ2v) is 8.94. The molecule has 1 amide bonds. The Morgan fingerprint density at radius 1 is 1.42 bits per heavy atom. The minimum Gasteiger partial charge on any atom is -0.444 e. The first-order valence-corrected chi connectivity index (χ1v) is 9.83. The molecule has 26 heavy (non-hydrogen) atoms. The fraction of sp³-hybridized carbons (Fsp3) is 0.474. The predicted octanol–water partition coefficient (Wildman–Crippen LogP) is 4.75. The molecule has 1 atom stereocenters. The van der Waals surface area contributed by atoms with Gasteiger partial charge in [-0.1, -0.05) is 33.6 Å². The summed E-state index contributed by atoms with van der Waals surface area (Å²) in [5.41, 5.74) is 1.54. The molecule has 0 aliphatic carbocycles. The summed E-state index contributed by atoms with van der Waals surface area (Å²) in [5, 5.41) is 4.55. The van der Waals surface area contributed by atoms with Gasteiger partial charge in [0.05, 0.1) is 5.52 Å². The van der Waals surface area contributed by atoms with Crippen LogP contribution in [-0.2, 0) is 11.3 Å². The lowest BCUT2D eigenvalue weighted by Crippen LogP contribution is -2.40. The van der Waals surface area contributed by atoms with E-state index in [2.05, 4.69) is 37.2 Å². The lowest BCUT2D eigenvalue weighted by molar-refractivity contribution is 0.0506. The molecule has 7 heteroatoms. The highest BCUT2D eigenvalue weighted by molar-refractivity contribution is 9.10. The normalized spacial score (nSPS) is 18.3. The number of aromatic nitrogens is 1. The number of nitrogens with zero attached hydrogens (tertiary/aromatic N) is 2. The number of hydrogen-bond acceptors (Lipinski definition) is 4. The van der Waals surface area contributed by atoms with Crippen LogP contribution in [0.1, 0.15) is 32.8 Å². The van der Waals surface area contributed by atoms with Crippen molar-refractivity contribution >= 4 is 44.5 Å². The second kappa shape index (κ2) is 7.71. The Kier molecular flexibility index (Phi) is 5.75. The first kappa shape index (κ1) is 19.4. The van der Waals surface area contributed by atoms with Gasteiger partial charge >= 0.3 is 6.09 Å². The van der Waals surface area contributed by atoms with Gasteiger partial charge in [-0.3, -0.25) is 4.90 Å². The number of halogens is 2.